The first kappa shape index (κ1) is 36.0. The molecular weight excluding hydrogens is 641 g/mol. The largest absolute Gasteiger partial charge is 0.478 e. The van der Waals surface area contributed by atoms with Crippen molar-refractivity contribution in [2.24, 2.45) is 33.0 Å². The maximum atomic E-state index is 14.0. The van der Waals surface area contributed by atoms with Crippen molar-refractivity contribution in [3.63, 3.8) is 0 Å². The highest BCUT2D eigenvalue weighted by molar-refractivity contribution is 6.01. The van der Waals surface area contributed by atoms with Crippen LogP contribution in [0.4, 0.5) is 14.9 Å². The van der Waals surface area contributed by atoms with Gasteiger partial charge < -0.3 is 20.5 Å². The Morgan fingerprint density at radius 2 is 1.58 bits per heavy atom. The molecule has 1 fully saturated rings. The van der Waals surface area contributed by atoms with Gasteiger partial charge in [0.1, 0.15) is 17.2 Å². The molecule has 0 unspecified atom stereocenters. The van der Waals surface area contributed by atoms with Gasteiger partial charge in [0, 0.05) is 36.1 Å². The number of rotatable bonds is 12. The number of hydrogen-bond acceptors (Lipinski definition) is 8. The van der Waals surface area contributed by atoms with Gasteiger partial charge in [0.25, 0.3) is 0 Å². The number of amides is 2. The molecule has 5 rings (SSSR count). The summed E-state index contributed by atoms with van der Waals surface area (Å²) in [7, 11) is 0. The maximum absolute atomic E-state index is 14.0. The zero-order valence-electron chi connectivity index (χ0n) is 28.4. The lowest BCUT2D eigenvalue weighted by molar-refractivity contribution is -0.129. The molecule has 3 N–H and O–H groups in total. The zero-order chi connectivity index (χ0) is 35.8. The SMILES string of the molecule is CC(C)(C)OC(=O)NCC1CCC(C(=O)C[C@@H](Cc2ccc(-c3ccc(F)c(C(=O)O)c3)cc2)C(=O)Nc2ccc(C3=NCN=N3)cc2)CC1. The van der Waals surface area contributed by atoms with Crippen LogP contribution in [-0.2, 0) is 20.7 Å². The van der Waals surface area contributed by atoms with Crippen LogP contribution >= 0.6 is 0 Å². The molecule has 12 heteroatoms. The number of halogens is 1. The van der Waals surface area contributed by atoms with Crippen LogP contribution in [0.15, 0.2) is 82.0 Å². The summed E-state index contributed by atoms with van der Waals surface area (Å²) in [6, 6.07) is 18.3. The minimum atomic E-state index is -1.35. The minimum absolute atomic E-state index is 0.0350. The van der Waals surface area contributed by atoms with E-state index in [-0.39, 0.29) is 29.9 Å². The minimum Gasteiger partial charge on any atom is -0.478 e. The van der Waals surface area contributed by atoms with E-state index in [2.05, 4.69) is 25.9 Å². The summed E-state index contributed by atoms with van der Waals surface area (Å²) in [6.07, 6.45) is 2.85. The standard InChI is InChI=1S/C38H42FN5O6/c1-38(2,3)50-37(49)40-21-24-6-10-26(11-7-24)33(45)20-29(35(46)43-30-15-12-27(13-16-30)34-41-22-42-44-34)18-23-4-8-25(9-5-23)28-14-17-32(39)31(19-28)36(47)48/h4-5,8-9,12-17,19,24,26,29H,6-7,10-11,18,20-22H2,1-3H3,(H,40,49)(H,43,46)(H,47,48)/t24?,26?,29-/m1/s1. The molecule has 0 spiro atoms. The van der Waals surface area contributed by atoms with Crippen molar-refractivity contribution >= 4 is 35.3 Å². The van der Waals surface area contributed by atoms with Crippen LogP contribution in [0.5, 0.6) is 0 Å². The van der Waals surface area contributed by atoms with Gasteiger partial charge in [0.05, 0.1) is 5.56 Å². The molecule has 3 aromatic rings. The molecule has 11 nitrogen and oxygen atoms in total. The number of alkyl carbamates (subject to hydrolysis) is 1. The first-order valence-electron chi connectivity index (χ1n) is 16.8. The van der Waals surface area contributed by atoms with E-state index in [1.807, 2.05) is 32.9 Å². The van der Waals surface area contributed by atoms with E-state index in [0.717, 1.165) is 30.0 Å². The summed E-state index contributed by atoms with van der Waals surface area (Å²) in [4.78, 5) is 55.1. The highest BCUT2D eigenvalue weighted by Crippen LogP contribution is 2.32. The number of carbonyl (C=O) groups is 4. The molecular formula is C38H42FN5O6. The monoisotopic (exact) mass is 683 g/mol. The quantitative estimate of drug-likeness (QED) is 0.180. The molecule has 0 saturated heterocycles. The number of Topliss-reactive ketones (excluding diaryl/α,β-unsaturated/α-hetero) is 1. The van der Waals surface area contributed by atoms with Crippen molar-refractivity contribution in [3.8, 4) is 11.1 Å². The summed E-state index contributed by atoms with van der Waals surface area (Å²) in [5, 5.41) is 23.0. The number of aromatic carboxylic acids is 1. The van der Waals surface area contributed by atoms with Gasteiger partial charge in [-0.1, -0.05) is 30.3 Å². The molecule has 0 aromatic heterocycles. The molecule has 2 amide bonds. The molecule has 1 aliphatic carbocycles. The van der Waals surface area contributed by atoms with E-state index in [4.69, 9.17) is 4.74 Å². The van der Waals surface area contributed by atoms with Crippen LogP contribution < -0.4 is 10.6 Å². The third-order valence-electron chi connectivity index (χ3n) is 8.88. The number of nitrogens with one attached hydrogen (secondary N) is 2. The number of amidine groups is 1. The predicted octanol–water partition coefficient (Wildman–Crippen LogP) is 7.45. The lowest BCUT2D eigenvalue weighted by Gasteiger charge is -2.29. The fraction of sp³-hybridized carbons (Fsp3) is 0.395. The summed E-state index contributed by atoms with van der Waals surface area (Å²) in [5.74, 6) is -2.46. The molecule has 262 valence electrons. The molecule has 3 aromatic carbocycles. The third-order valence-corrected chi connectivity index (χ3v) is 8.88. The summed E-state index contributed by atoms with van der Waals surface area (Å²) < 4.78 is 19.3. The van der Waals surface area contributed by atoms with Crippen LogP contribution in [0.3, 0.4) is 0 Å². The Balaban J connectivity index is 1.25. The normalized spacial score (nSPS) is 17.8. The molecule has 1 aliphatic heterocycles. The van der Waals surface area contributed by atoms with E-state index >= 15 is 0 Å². The molecule has 0 radical (unpaired) electrons. The molecule has 1 heterocycles. The number of azo groups is 1. The highest BCUT2D eigenvalue weighted by Gasteiger charge is 2.31. The third kappa shape index (κ3) is 9.90. The molecule has 1 atom stereocenters. The number of hydrogen-bond donors (Lipinski definition) is 3. The fourth-order valence-electron chi connectivity index (χ4n) is 6.21. The van der Waals surface area contributed by atoms with Gasteiger partial charge in [0.2, 0.25) is 5.91 Å². The van der Waals surface area contributed by atoms with E-state index in [0.29, 0.717) is 55.1 Å². The lowest BCUT2D eigenvalue weighted by atomic mass is 9.77. The lowest BCUT2D eigenvalue weighted by Crippen LogP contribution is -2.37. The number of carbonyl (C=O) groups excluding carboxylic acids is 3. The maximum Gasteiger partial charge on any atom is 0.407 e. The first-order chi connectivity index (χ1) is 23.8. The highest BCUT2D eigenvalue weighted by atomic mass is 19.1. The van der Waals surface area contributed by atoms with Crippen molar-refractivity contribution in [1.82, 2.24) is 5.32 Å². The molecule has 0 bridgehead atoms. The van der Waals surface area contributed by atoms with E-state index in [9.17, 15) is 28.7 Å². The van der Waals surface area contributed by atoms with Gasteiger partial charge in [-0.25, -0.2) is 19.0 Å². The number of carboxylic acid groups (broad SMARTS) is 1. The van der Waals surface area contributed by atoms with E-state index in [1.54, 1.807) is 36.4 Å². The Kier molecular flexibility index (Phi) is 11.5. The van der Waals surface area contributed by atoms with Crippen molar-refractivity contribution in [3.05, 3.63) is 89.2 Å². The van der Waals surface area contributed by atoms with Crippen LogP contribution in [-0.4, -0.2) is 53.5 Å². The van der Waals surface area contributed by atoms with Gasteiger partial charge >= 0.3 is 12.1 Å². The van der Waals surface area contributed by atoms with Crippen molar-refractivity contribution in [1.29, 1.82) is 0 Å². The Labute approximate surface area is 290 Å². The zero-order valence-corrected chi connectivity index (χ0v) is 28.4. The Morgan fingerprint density at radius 1 is 0.920 bits per heavy atom. The molecule has 2 aliphatic rings. The van der Waals surface area contributed by atoms with E-state index < -0.39 is 35.0 Å². The number of aliphatic imine (C=N–C) groups is 1. The predicted molar refractivity (Wildman–Crippen MR) is 187 cm³/mol. The Morgan fingerprint density at radius 3 is 2.20 bits per heavy atom. The van der Waals surface area contributed by atoms with Gasteiger partial charge in [-0.3, -0.25) is 9.59 Å². The summed E-state index contributed by atoms with van der Waals surface area (Å²) in [5.41, 5.74) is 2.43. The topological polar surface area (TPSA) is 159 Å². The van der Waals surface area contributed by atoms with Crippen LogP contribution in [0.25, 0.3) is 11.1 Å². The number of benzene rings is 3. The smallest absolute Gasteiger partial charge is 0.407 e. The Bertz CT molecular complexity index is 1770. The molecule has 1 saturated carbocycles. The molecule has 50 heavy (non-hydrogen) atoms. The van der Waals surface area contributed by atoms with Crippen LogP contribution in [0.1, 0.15) is 74.4 Å². The van der Waals surface area contributed by atoms with Crippen LogP contribution in [0.2, 0.25) is 0 Å². The van der Waals surface area contributed by atoms with Crippen molar-refractivity contribution < 1.29 is 33.4 Å². The second kappa shape index (κ2) is 16.0. The summed E-state index contributed by atoms with van der Waals surface area (Å²) >= 11 is 0. The second-order valence-corrected chi connectivity index (χ2v) is 13.8. The van der Waals surface area contributed by atoms with E-state index in [1.165, 1.54) is 12.1 Å². The average molecular weight is 684 g/mol. The van der Waals surface area contributed by atoms with Gasteiger partial charge in [-0.05, 0) is 112 Å². The first-order valence-corrected chi connectivity index (χ1v) is 16.8. The number of anilines is 1. The van der Waals surface area contributed by atoms with Gasteiger partial charge in [0.15, 0.2) is 12.5 Å². The number of ketones is 1. The van der Waals surface area contributed by atoms with Crippen LogP contribution in [0, 0.1) is 23.6 Å². The Hall–Kier alpha value is -5.26. The van der Waals surface area contributed by atoms with Crippen molar-refractivity contribution in [2.75, 3.05) is 18.5 Å². The fourth-order valence-corrected chi connectivity index (χ4v) is 6.21. The number of nitrogens with zero attached hydrogens (tertiary/aromatic N) is 3. The average Bonchev–Trinajstić information content (AvgIpc) is 3.63. The summed E-state index contributed by atoms with van der Waals surface area (Å²) in [6.45, 7) is 6.22. The number of ether oxygens (including phenoxy) is 1. The second-order valence-electron chi connectivity index (χ2n) is 13.8. The van der Waals surface area contributed by atoms with Crippen molar-refractivity contribution in [2.45, 2.75) is 64.9 Å². The van der Waals surface area contributed by atoms with Gasteiger partial charge in [-0.2, -0.15) is 5.11 Å². The number of carboxylic acids is 1. The van der Waals surface area contributed by atoms with Gasteiger partial charge in [-0.15, -0.1) is 5.11 Å².